The number of esters is 1. The van der Waals surface area contributed by atoms with Gasteiger partial charge in [0, 0.05) is 18.0 Å². The topological polar surface area (TPSA) is 109 Å². The molecule has 1 N–H and O–H groups in total. The maximum absolute atomic E-state index is 12.7. The molecule has 3 aromatic rings. The molecule has 1 aromatic carbocycles. The molecule has 0 aliphatic carbocycles. The van der Waals surface area contributed by atoms with Crippen molar-refractivity contribution < 1.29 is 23.8 Å². The fraction of sp³-hybridized carbons (Fsp3) is 0.238. The fourth-order valence-corrected chi connectivity index (χ4v) is 3.78. The van der Waals surface area contributed by atoms with Gasteiger partial charge in [0.25, 0.3) is 11.5 Å². The van der Waals surface area contributed by atoms with E-state index in [9.17, 15) is 14.4 Å². The molecule has 0 radical (unpaired) electrons. The van der Waals surface area contributed by atoms with Crippen molar-refractivity contribution in [2.75, 3.05) is 26.1 Å². The van der Waals surface area contributed by atoms with Crippen molar-refractivity contribution in [3.05, 3.63) is 57.3 Å². The summed E-state index contributed by atoms with van der Waals surface area (Å²) in [6.07, 6.45) is 0. The van der Waals surface area contributed by atoms with Crippen LogP contribution in [0, 0.1) is 0 Å². The average molecular weight is 443 g/mol. The first-order valence-corrected chi connectivity index (χ1v) is 10.1. The third-order valence-electron chi connectivity index (χ3n) is 4.30. The second kappa shape index (κ2) is 9.43. The van der Waals surface area contributed by atoms with E-state index in [2.05, 4.69) is 10.4 Å². The first kappa shape index (κ1) is 22.0. The van der Waals surface area contributed by atoms with Crippen LogP contribution in [0.15, 0.2) is 41.2 Å². The fourth-order valence-electron chi connectivity index (χ4n) is 2.77. The zero-order chi connectivity index (χ0) is 22.5. The van der Waals surface area contributed by atoms with Crippen LogP contribution in [-0.4, -0.2) is 42.5 Å². The molecule has 0 aliphatic heterocycles. The van der Waals surface area contributed by atoms with Gasteiger partial charge in [-0.1, -0.05) is 0 Å². The quantitative estimate of drug-likeness (QED) is 0.559. The molecule has 0 saturated carbocycles. The highest BCUT2D eigenvalue weighted by Crippen LogP contribution is 2.39. The molecule has 0 aliphatic rings. The summed E-state index contributed by atoms with van der Waals surface area (Å²) >= 11 is 1.17. The maximum Gasteiger partial charge on any atom is 0.350 e. The summed E-state index contributed by atoms with van der Waals surface area (Å²) < 4.78 is 16.8. The zero-order valence-electron chi connectivity index (χ0n) is 17.4. The van der Waals surface area contributed by atoms with Gasteiger partial charge in [0.1, 0.15) is 10.6 Å². The molecule has 0 spiro atoms. The number of anilines is 1. The van der Waals surface area contributed by atoms with Crippen LogP contribution in [0.2, 0.25) is 0 Å². The van der Waals surface area contributed by atoms with Crippen LogP contribution in [0.5, 0.6) is 11.5 Å². The number of carbonyl (C=O) groups is 2. The van der Waals surface area contributed by atoms with Crippen molar-refractivity contribution in [3.8, 4) is 21.9 Å². The lowest BCUT2D eigenvalue weighted by Gasteiger charge is -2.08. The summed E-state index contributed by atoms with van der Waals surface area (Å²) in [5, 5.41) is 6.63. The van der Waals surface area contributed by atoms with Crippen LogP contribution in [0.25, 0.3) is 10.4 Å². The van der Waals surface area contributed by atoms with E-state index in [0.29, 0.717) is 16.4 Å². The summed E-state index contributed by atoms with van der Waals surface area (Å²) in [6.45, 7) is 1.89. The van der Waals surface area contributed by atoms with Gasteiger partial charge >= 0.3 is 5.97 Å². The van der Waals surface area contributed by atoms with E-state index < -0.39 is 11.9 Å². The van der Waals surface area contributed by atoms with Crippen LogP contribution in [-0.2, 0) is 11.8 Å². The highest BCUT2D eigenvalue weighted by atomic mass is 32.1. The molecule has 3 rings (SSSR count). The smallest absolute Gasteiger partial charge is 0.350 e. The second-order valence-electron chi connectivity index (χ2n) is 6.28. The van der Waals surface area contributed by atoms with Gasteiger partial charge in [0.2, 0.25) is 0 Å². The standard InChI is InChI=1S/C21H21N3O6S/c1-5-30-21(27)19-14(22-20(26)13-7-9-18(25)24(2)23-13)11-17(31-19)12-6-8-15(28-3)16(10-12)29-4/h6-11H,5H2,1-4H3,(H,22,26). The number of hydrogen-bond acceptors (Lipinski definition) is 8. The molecule has 2 aromatic heterocycles. The van der Waals surface area contributed by atoms with E-state index in [1.807, 2.05) is 6.07 Å². The number of benzene rings is 1. The lowest BCUT2D eigenvalue weighted by atomic mass is 10.1. The Balaban J connectivity index is 2.00. The SMILES string of the molecule is CCOC(=O)c1sc(-c2ccc(OC)c(OC)c2)cc1NC(=O)c1ccc(=O)n(C)n1. The second-order valence-corrected chi connectivity index (χ2v) is 7.33. The minimum absolute atomic E-state index is 0.0378. The number of nitrogens with zero attached hydrogens (tertiary/aromatic N) is 2. The van der Waals surface area contributed by atoms with Crippen molar-refractivity contribution in [1.29, 1.82) is 0 Å². The first-order valence-electron chi connectivity index (χ1n) is 9.27. The number of nitrogens with one attached hydrogen (secondary N) is 1. The number of rotatable bonds is 7. The van der Waals surface area contributed by atoms with Crippen molar-refractivity contribution in [3.63, 3.8) is 0 Å². The van der Waals surface area contributed by atoms with Gasteiger partial charge in [0.05, 0.1) is 26.5 Å². The Morgan fingerprint density at radius 3 is 2.48 bits per heavy atom. The minimum atomic E-state index is -0.558. The number of amides is 1. The molecule has 9 nitrogen and oxygen atoms in total. The number of aryl methyl sites for hydroxylation is 1. The predicted octanol–water partition coefficient (Wildman–Crippen LogP) is 2.96. The Morgan fingerprint density at radius 1 is 1.10 bits per heavy atom. The van der Waals surface area contributed by atoms with Crippen LogP contribution in [0.1, 0.15) is 27.1 Å². The Kier molecular flexibility index (Phi) is 6.71. The Bertz CT molecular complexity index is 1180. The lowest BCUT2D eigenvalue weighted by Crippen LogP contribution is -2.24. The van der Waals surface area contributed by atoms with Gasteiger partial charge < -0.3 is 19.5 Å². The number of carbonyl (C=O) groups excluding carboxylic acids is 2. The Morgan fingerprint density at radius 2 is 1.84 bits per heavy atom. The van der Waals surface area contributed by atoms with E-state index in [1.54, 1.807) is 32.2 Å². The molecule has 0 saturated heterocycles. The normalized spacial score (nSPS) is 10.5. The molecule has 0 atom stereocenters. The van der Waals surface area contributed by atoms with Gasteiger partial charge in [-0.05, 0) is 42.8 Å². The highest BCUT2D eigenvalue weighted by molar-refractivity contribution is 7.18. The van der Waals surface area contributed by atoms with Gasteiger partial charge in [-0.25, -0.2) is 9.48 Å². The lowest BCUT2D eigenvalue weighted by molar-refractivity contribution is 0.0533. The average Bonchev–Trinajstić information content (AvgIpc) is 3.19. The van der Waals surface area contributed by atoms with Crippen LogP contribution >= 0.6 is 11.3 Å². The maximum atomic E-state index is 12.7. The number of ether oxygens (including phenoxy) is 3. The minimum Gasteiger partial charge on any atom is -0.493 e. The summed E-state index contributed by atoms with van der Waals surface area (Å²) in [7, 11) is 4.53. The molecule has 2 heterocycles. The van der Waals surface area contributed by atoms with E-state index in [-0.39, 0.29) is 28.4 Å². The highest BCUT2D eigenvalue weighted by Gasteiger charge is 2.22. The monoisotopic (exact) mass is 443 g/mol. The van der Waals surface area contributed by atoms with E-state index >= 15 is 0 Å². The molecular formula is C21H21N3O6S. The van der Waals surface area contributed by atoms with E-state index in [1.165, 1.54) is 37.6 Å². The third kappa shape index (κ3) is 4.75. The summed E-state index contributed by atoms with van der Waals surface area (Å²) in [5.74, 6) is -0.00505. The Labute approximate surface area is 182 Å². The number of methoxy groups -OCH3 is 2. The molecule has 0 bridgehead atoms. The van der Waals surface area contributed by atoms with E-state index in [4.69, 9.17) is 14.2 Å². The molecule has 1 amide bonds. The Hall–Kier alpha value is -3.66. The van der Waals surface area contributed by atoms with Gasteiger partial charge in [0.15, 0.2) is 11.5 Å². The molecular weight excluding hydrogens is 422 g/mol. The number of thiophene rings is 1. The van der Waals surface area contributed by atoms with Gasteiger partial charge in [-0.3, -0.25) is 9.59 Å². The molecule has 10 heteroatoms. The summed E-state index contributed by atoms with van der Waals surface area (Å²) in [5.41, 5.74) is 0.758. The number of aromatic nitrogens is 2. The van der Waals surface area contributed by atoms with Crippen molar-refractivity contribution in [2.45, 2.75) is 6.92 Å². The van der Waals surface area contributed by atoms with Crippen molar-refractivity contribution in [2.24, 2.45) is 7.05 Å². The van der Waals surface area contributed by atoms with Gasteiger partial charge in [-0.2, -0.15) is 5.10 Å². The van der Waals surface area contributed by atoms with Crippen LogP contribution < -0.4 is 20.3 Å². The summed E-state index contributed by atoms with van der Waals surface area (Å²) in [4.78, 5) is 37.6. The molecule has 31 heavy (non-hydrogen) atoms. The van der Waals surface area contributed by atoms with Crippen molar-refractivity contribution in [1.82, 2.24) is 9.78 Å². The molecule has 0 unspecified atom stereocenters. The van der Waals surface area contributed by atoms with Crippen LogP contribution in [0.4, 0.5) is 5.69 Å². The molecule has 162 valence electrons. The molecule has 0 fully saturated rings. The number of hydrogen-bond donors (Lipinski definition) is 1. The summed E-state index contributed by atoms with van der Waals surface area (Å²) in [6, 6.07) is 9.60. The first-order chi connectivity index (χ1) is 14.9. The third-order valence-corrected chi connectivity index (χ3v) is 5.47. The largest absolute Gasteiger partial charge is 0.493 e. The zero-order valence-corrected chi connectivity index (χ0v) is 18.2. The van der Waals surface area contributed by atoms with Crippen LogP contribution in [0.3, 0.4) is 0 Å². The predicted molar refractivity (Wildman–Crippen MR) is 116 cm³/mol. The van der Waals surface area contributed by atoms with Gasteiger partial charge in [-0.15, -0.1) is 11.3 Å². The van der Waals surface area contributed by atoms with E-state index in [0.717, 1.165) is 10.2 Å². The van der Waals surface area contributed by atoms with Crippen molar-refractivity contribution >= 4 is 28.9 Å².